The third kappa shape index (κ3) is 1.74. The van der Waals surface area contributed by atoms with Crippen molar-refractivity contribution < 1.29 is 4.79 Å². The molecule has 4 aliphatic rings. The molecule has 0 aromatic carbocycles. The van der Waals surface area contributed by atoms with Crippen LogP contribution in [-0.2, 0) is 4.79 Å². The first kappa shape index (κ1) is 12.6. The average molecular weight is 296 g/mol. The molecule has 2 aromatic rings. The molecule has 0 radical (unpaired) electrons. The van der Waals surface area contributed by atoms with E-state index in [1.165, 1.54) is 19.3 Å². The van der Waals surface area contributed by atoms with E-state index in [-0.39, 0.29) is 11.3 Å². The van der Waals surface area contributed by atoms with E-state index in [0.717, 1.165) is 42.4 Å². The summed E-state index contributed by atoms with van der Waals surface area (Å²) >= 11 is 0. The number of carbonyl (C=O) groups is 1. The molecule has 2 aromatic heterocycles. The fraction of sp³-hybridized carbons (Fsp3) is 0.588. The van der Waals surface area contributed by atoms with Crippen LogP contribution in [0.25, 0.3) is 11.0 Å². The van der Waals surface area contributed by atoms with Crippen LogP contribution in [0.2, 0.25) is 0 Å². The number of anilines is 1. The molecule has 0 unspecified atom stereocenters. The van der Waals surface area contributed by atoms with E-state index in [1.54, 1.807) is 6.20 Å². The Bertz CT molecular complexity index is 715. The normalized spacial score (nSPS) is 35.9. The summed E-state index contributed by atoms with van der Waals surface area (Å²) in [4.78, 5) is 17.2. The van der Waals surface area contributed by atoms with Gasteiger partial charge in [0.2, 0.25) is 5.91 Å². The van der Waals surface area contributed by atoms with Crippen molar-refractivity contribution in [3.8, 4) is 0 Å². The Kier molecular flexibility index (Phi) is 2.47. The van der Waals surface area contributed by atoms with Gasteiger partial charge in [0.15, 0.2) is 5.65 Å². The number of carbonyl (C=O) groups excluding carboxylic acids is 1. The molecule has 0 spiro atoms. The minimum Gasteiger partial charge on any atom is -0.310 e. The number of hydrogen-bond donors (Lipinski definition) is 2. The molecule has 0 saturated heterocycles. The fourth-order valence-electron chi connectivity index (χ4n) is 5.58. The fourth-order valence-corrected chi connectivity index (χ4v) is 5.58. The molecule has 4 aliphatic carbocycles. The second-order valence-corrected chi connectivity index (χ2v) is 7.63. The van der Waals surface area contributed by atoms with Crippen molar-refractivity contribution >= 4 is 22.8 Å². The van der Waals surface area contributed by atoms with E-state index in [4.69, 9.17) is 0 Å². The predicted molar refractivity (Wildman–Crippen MR) is 83.1 cm³/mol. The van der Waals surface area contributed by atoms with Gasteiger partial charge < -0.3 is 5.32 Å². The quantitative estimate of drug-likeness (QED) is 0.894. The second-order valence-electron chi connectivity index (χ2n) is 7.63. The summed E-state index contributed by atoms with van der Waals surface area (Å²) in [5, 5.41) is 11.1. The lowest BCUT2D eigenvalue weighted by Gasteiger charge is -2.55. The van der Waals surface area contributed by atoms with E-state index < -0.39 is 0 Å². The molecule has 114 valence electrons. The zero-order valence-electron chi connectivity index (χ0n) is 12.5. The molecule has 4 saturated carbocycles. The number of aromatic nitrogens is 3. The molecule has 1 amide bonds. The molecular formula is C17H20N4O. The first-order valence-electron chi connectivity index (χ1n) is 8.32. The molecule has 4 fully saturated rings. The maximum absolute atomic E-state index is 13.0. The van der Waals surface area contributed by atoms with Crippen molar-refractivity contribution in [2.24, 2.45) is 23.2 Å². The Balaban J connectivity index is 1.45. The Morgan fingerprint density at radius 1 is 1.18 bits per heavy atom. The smallest absolute Gasteiger partial charge is 0.231 e. The summed E-state index contributed by atoms with van der Waals surface area (Å²) in [6.45, 7) is 0. The summed E-state index contributed by atoms with van der Waals surface area (Å²) < 4.78 is 0. The van der Waals surface area contributed by atoms with Crippen molar-refractivity contribution in [3.63, 3.8) is 0 Å². The molecule has 0 aliphatic heterocycles. The van der Waals surface area contributed by atoms with Crippen molar-refractivity contribution in [2.45, 2.75) is 38.5 Å². The van der Waals surface area contributed by atoms with Crippen LogP contribution in [0.4, 0.5) is 5.82 Å². The summed E-state index contributed by atoms with van der Waals surface area (Å²) in [6.07, 6.45) is 9.00. The topological polar surface area (TPSA) is 70.7 Å². The van der Waals surface area contributed by atoms with E-state index in [1.807, 2.05) is 12.1 Å². The van der Waals surface area contributed by atoms with Gasteiger partial charge in [0, 0.05) is 6.20 Å². The first-order valence-corrected chi connectivity index (χ1v) is 8.32. The highest BCUT2D eigenvalue weighted by Crippen LogP contribution is 2.60. The molecule has 0 atom stereocenters. The number of nitrogens with zero attached hydrogens (tertiary/aromatic N) is 2. The van der Waals surface area contributed by atoms with Crippen molar-refractivity contribution in [3.05, 3.63) is 18.3 Å². The van der Waals surface area contributed by atoms with Gasteiger partial charge in [-0.25, -0.2) is 4.98 Å². The van der Waals surface area contributed by atoms with Crippen LogP contribution >= 0.6 is 0 Å². The maximum atomic E-state index is 13.0. The number of pyridine rings is 1. The highest BCUT2D eigenvalue weighted by molar-refractivity contribution is 6.01. The number of H-pyrrole nitrogens is 1. The van der Waals surface area contributed by atoms with Gasteiger partial charge in [-0.1, -0.05) is 0 Å². The van der Waals surface area contributed by atoms with E-state index >= 15 is 0 Å². The minimum atomic E-state index is -0.131. The number of nitrogens with one attached hydrogen (secondary N) is 2. The monoisotopic (exact) mass is 296 g/mol. The van der Waals surface area contributed by atoms with Crippen LogP contribution in [0.15, 0.2) is 18.3 Å². The van der Waals surface area contributed by atoms with Crippen molar-refractivity contribution in [1.29, 1.82) is 0 Å². The minimum absolute atomic E-state index is 0.131. The van der Waals surface area contributed by atoms with Crippen LogP contribution in [0.3, 0.4) is 0 Å². The number of hydrogen-bond acceptors (Lipinski definition) is 3. The van der Waals surface area contributed by atoms with Crippen LogP contribution in [0.1, 0.15) is 38.5 Å². The summed E-state index contributed by atoms with van der Waals surface area (Å²) in [7, 11) is 0. The Hall–Kier alpha value is -1.91. The maximum Gasteiger partial charge on any atom is 0.231 e. The van der Waals surface area contributed by atoms with E-state index in [9.17, 15) is 4.79 Å². The van der Waals surface area contributed by atoms with Gasteiger partial charge in [0.1, 0.15) is 5.82 Å². The van der Waals surface area contributed by atoms with Crippen molar-refractivity contribution in [1.82, 2.24) is 15.2 Å². The van der Waals surface area contributed by atoms with Crippen molar-refractivity contribution in [2.75, 3.05) is 5.32 Å². The molecular weight excluding hydrogens is 276 g/mol. The molecule has 2 heterocycles. The lowest BCUT2D eigenvalue weighted by Crippen LogP contribution is -2.51. The standard InChI is InChI=1S/C17H20N4O/c22-16(19-15-13-2-1-3-18-14(13)20-21-15)17-7-10-4-11(8-17)6-12(5-10)9-17/h1-3,10-12H,4-9H2,(H2,18,19,20,21,22). The molecule has 4 bridgehead atoms. The van der Waals surface area contributed by atoms with Gasteiger partial charge >= 0.3 is 0 Å². The Morgan fingerprint density at radius 3 is 2.55 bits per heavy atom. The Morgan fingerprint density at radius 2 is 1.86 bits per heavy atom. The molecule has 5 nitrogen and oxygen atoms in total. The van der Waals surface area contributed by atoms with Gasteiger partial charge in [-0.05, 0) is 68.4 Å². The van der Waals surface area contributed by atoms with Gasteiger partial charge in [0.25, 0.3) is 0 Å². The molecule has 2 N–H and O–H groups in total. The highest BCUT2D eigenvalue weighted by atomic mass is 16.2. The first-order chi connectivity index (χ1) is 10.7. The third-order valence-electron chi connectivity index (χ3n) is 6.09. The molecule has 6 rings (SSSR count). The van der Waals surface area contributed by atoms with Gasteiger partial charge in [-0.15, -0.1) is 0 Å². The summed E-state index contributed by atoms with van der Waals surface area (Å²) in [5.74, 6) is 3.22. The largest absolute Gasteiger partial charge is 0.310 e. The zero-order valence-corrected chi connectivity index (χ0v) is 12.5. The van der Waals surface area contributed by atoms with Crippen LogP contribution in [0, 0.1) is 23.2 Å². The molecule has 22 heavy (non-hydrogen) atoms. The average Bonchev–Trinajstić information content (AvgIpc) is 2.89. The highest BCUT2D eigenvalue weighted by Gasteiger charge is 2.54. The number of rotatable bonds is 2. The lowest BCUT2D eigenvalue weighted by atomic mass is 9.49. The number of amides is 1. The summed E-state index contributed by atoms with van der Waals surface area (Å²) in [5.41, 5.74) is 0.525. The number of fused-ring (bicyclic) bond motifs is 1. The van der Waals surface area contributed by atoms with E-state index in [0.29, 0.717) is 11.5 Å². The Labute approximate surface area is 128 Å². The van der Waals surface area contributed by atoms with Crippen LogP contribution in [0.5, 0.6) is 0 Å². The summed E-state index contributed by atoms with van der Waals surface area (Å²) in [6, 6.07) is 3.82. The van der Waals surface area contributed by atoms with Gasteiger partial charge in [-0.2, -0.15) is 5.10 Å². The predicted octanol–water partition coefficient (Wildman–Crippen LogP) is 3.11. The third-order valence-corrected chi connectivity index (χ3v) is 6.09. The zero-order chi connectivity index (χ0) is 14.7. The van der Waals surface area contributed by atoms with Crippen LogP contribution in [-0.4, -0.2) is 21.1 Å². The number of aromatic amines is 1. The van der Waals surface area contributed by atoms with Crippen LogP contribution < -0.4 is 5.32 Å². The lowest BCUT2D eigenvalue weighted by molar-refractivity contribution is -0.140. The second kappa shape index (κ2) is 4.31. The van der Waals surface area contributed by atoms with Gasteiger partial charge in [0.05, 0.1) is 10.8 Å². The van der Waals surface area contributed by atoms with E-state index in [2.05, 4.69) is 20.5 Å². The SMILES string of the molecule is O=C(Nc1[nH]nc2ncccc12)C12CC3CC(CC(C3)C1)C2. The van der Waals surface area contributed by atoms with Gasteiger partial charge in [-0.3, -0.25) is 9.89 Å². The molecule has 5 heteroatoms.